The highest BCUT2D eigenvalue weighted by atomic mass is 16.5. The summed E-state index contributed by atoms with van der Waals surface area (Å²) in [6.07, 6.45) is 3.81. The minimum Gasteiger partial charge on any atom is -0.338 e. The summed E-state index contributed by atoms with van der Waals surface area (Å²) in [6, 6.07) is 8.33. The molecule has 7 nitrogen and oxygen atoms in total. The van der Waals surface area contributed by atoms with Gasteiger partial charge in [0.2, 0.25) is 11.7 Å². The molecule has 0 amide bonds. The highest BCUT2D eigenvalue weighted by Crippen LogP contribution is 2.23. The Morgan fingerprint density at radius 1 is 1.36 bits per heavy atom. The highest BCUT2D eigenvalue weighted by Gasteiger charge is 2.28. The normalized spacial score (nSPS) is 18.6. The van der Waals surface area contributed by atoms with E-state index in [2.05, 4.69) is 49.0 Å². The third kappa shape index (κ3) is 3.33. The number of aryl methyl sites for hydroxylation is 2. The minimum atomic E-state index is 0.197. The molecule has 0 saturated carbocycles. The van der Waals surface area contributed by atoms with Crippen LogP contribution in [0.4, 0.5) is 0 Å². The van der Waals surface area contributed by atoms with Gasteiger partial charge in [0.25, 0.3) is 0 Å². The van der Waals surface area contributed by atoms with Crippen molar-refractivity contribution < 1.29 is 4.52 Å². The number of imidazole rings is 1. The van der Waals surface area contributed by atoms with Crippen molar-refractivity contribution in [1.29, 1.82) is 0 Å². The van der Waals surface area contributed by atoms with Gasteiger partial charge in [0.1, 0.15) is 5.82 Å². The second-order valence-electron chi connectivity index (χ2n) is 6.47. The molecule has 1 aliphatic rings. The van der Waals surface area contributed by atoms with E-state index in [4.69, 9.17) is 4.52 Å². The average molecular weight is 338 g/mol. The molecule has 0 aliphatic carbocycles. The van der Waals surface area contributed by atoms with Gasteiger partial charge in [-0.2, -0.15) is 4.98 Å². The lowest BCUT2D eigenvalue weighted by molar-refractivity contribution is 0.128. The lowest BCUT2D eigenvalue weighted by atomic mass is 10.1. The van der Waals surface area contributed by atoms with E-state index < -0.39 is 0 Å². The Morgan fingerprint density at radius 3 is 3.08 bits per heavy atom. The molecule has 25 heavy (non-hydrogen) atoms. The number of nitrogens with zero attached hydrogens (tertiary/aromatic N) is 5. The smallest absolute Gasteiger partial charge is 0.241 e. The maximum Gasteiger partial charge on any atom is 0.241 e. The molecule has 0 bridgehead atoms. The van der Waals surface area contributed by atoms with Gasteiger partial charge in [-0.15, -0.1) is 0 Å². The predicted octanol–water partition coefficient (Wildman–Crippen LogP) is 1.93. The van der Waals surface area contributed by atoms with Crippen molar-refractivity contribution in [1.82, 2.24) is 29.9 Å². The van der Waals surface area contributed by atoms with Crippen LogP contribution in [-0.2, 0) is 13.6 Å². The van der Waals surface area contributed by atoms with Gasteiger partial charge in [-0.25, -0.2) is 4.98 Å². The summed E-state index contributed by atoms with van der Waals surface area (Å²) < 4.78 is 7.57. The fraction of sp³-hybridized carbons (Fsp3) is 0.389. The molecular formula is C18H22N6O. The van der Waals surface area contributed by atoms with E-state index in [-0.39, 0.29) is 6.04 Å². The zero-order valence-corrected chi connectivity index (χ0v) is 14.5. The first-order chi connectivity index (χ1) is 12.2. The quantitative estimate of drug-likeness (QED) is 0.784. The summed E-state index contributed by atoms with van der Waals surface area (Å²) in [5, 5.41) is 7.59. The van der Waals surface area contributed by atoms with Crippen LogP contribution >= 0.6 is 0 Å². The molecule has 1 aromatic carbocycles. The van der Waals surface area contributed by atoms with Gasteiger partial charge in [-0.3, -0.25) is 4.90 Å². The molecule has 4 rings (SSSR count). The number of benzene rings is 1. The summed E-state index contributed by atoms with van der Waals surface area (Å²) in [7, 11) is 2.03. The Kier molecular flexibility index (Phi) is 4.33. The van der Waals surface area contributed by atoms with E-state index in [1.54, 1.807) is 0 Å². The molecule has 1 atom stereocenters. The summed E-state index contributed by atoms with van der Waals surface area (Å²) in [4.78, 5) is 11.4. The van der Waals surface area contributed by atoms with Gasteiger partial charge in [-0.1, -0.05) is 28.9 Å². The molecular weight excluding hydrogens is 316 g/mol. The number of hydrogen-bond donors (Lipinski definition) is 1. The number of rotatable bonds is 4. The Hall–Kier alpha value is -2.51. The third-order valence-corrected chi connectivity index (χ3v) is 4.59. The third-order valence-electron chi connectivity index (χ3n) is 4.59. The topological polar surface area (TPSA) is 72.0 Å². The van der Waals surface area contributed by atoms with Crippen molar-refractivity contribution in [2.75, 3.05) is 19.6 Å². The van der Waals surface area contributed by atoms with E-state index in [0.717, 1.165) is 31.0 Å². The van der Waals surface area contributed by atoms with Crippen LogP contribution in [0, 0.1) is 6.92 Å². The van der Waals surface area contributed by atoms with Crippen LogP contribution in [0.2, 0.25) is 0 Å². The minimum absolute atomic E-state index is 0.197. The van der Waals surface area contributed by atoms with E-state index in [9.17, 15) is 0 Å². The maximum absolute atomic E-state index is 5.51. The molecule has 2 aromatic heterocycles. The molecule has 1 aliphatic heterocycles. The van der Waals surface area contributed by atoms with Crippen LogP contribution in [-0.4, -0.2) is 44.2 Å². The number of nitrogens with one attached hydrogen (secondary N) is 1. The largest absolute Gasteiger partial charge is 0.338 e. The van der Waals surface area contributed by atoms with Gasteiger partial charge in [-0.05, 0) is 13.0 Å². The second-order valence-corrected chi connectivity index (χ2v) is 6.47. The number of hydrogen-bond acceptors (Lipinski definition) is 6. The van der Waals surface area contributed by atoms with Crippen molar-refractivity contribution >= 4 is 0 Å². The Bertz CT molecular complexity index is 855. The summed E-state index contributed by atoms with van der Waals surface area (Å²) in [5.74, 6) is 2.32. The molecule has 1 saturated heterocycles. The van der Waals surface area contributed by atoms with E-state index >= 15 is 0 Å². The highest BCUT2D eigenvalue weighted by molar-refractivity contribution is 5.55. The van der Waals surface area contributed by atoms with Crippen molar-refractivity contribution in [3.8, 4) is 11.4 Å². The van der Waals surface area contributed by atoms with Crippen molar-refractivity contribution in [2.24, 2.45) is 7.05 Å². The molecule has 3 heterocycles. The van der Waals surface area contributed by atoms with Crippen LogP contribution in [0.5, 0.6) is 0 Å². The summed E-state index contributed by atoms with van der Waals surface area (Å²) >= 11 is 0. The molecule has 3 aromatic rings. The fourth-order valence-corrected chi connectivity index (χ4v) is 3.28. The zero-order valence-electron chi connectivity index (χ0n) is 14.5. The first-order valence-corrected chi connectivity index (χ1v) is 8.52. The second kappa shape index (κ2) is 6.78. The predicted molar refractivity (Wildman–Crippen MR) is 93.7 cm³/mol. The SMILES string of the molecule is Cc1cccc(-c2noc(CN3CCNCC3c3nccn3C)n2)c1. The lowest BCUT2D eigenvalue weighted by Gasteiger charge is -2.34. The van der Waals surface area contributed by atoms with Crippen LogP contribution < -0.4 is 5.32 Å². The fourth-order valence-electron chi connectivity index (χ4n) is 3.28. The monoisotopic (exact) mass is 338 g/mol. The summed E-state index contributed by atoms with van der Waals surface area (Å²) in [5.41, 5.74) is 2.16. The number of piperazine rings is 1. The van der Waals surface area contributed by atoms with E-state index in [1.807, 2.05) is 31.6 Å². The van der Waals surface area contributed by atoms with Crippen molar-refractivity contribution in [2.45, 2.75) is 19.5 Å². The average Bonchev–Trinajstić information content (AvgIpc) is 3.25. The Morgan fingerprint density at radius 2 is 2.28 bits per heavy atom. The van der Waals surface area contributed by atoms with Gasteiger partial charge in [0.15, 0.2) is 0 Å². The molecule has 0 spiro atoms. The molecule has 1 fully saturated rings. The lowest BCUT2D eigenvalue weighted by Crippen LogP contribution is -2.46. The standard InChI is InChI=1S/C18H22N6O/c1-13-4-3-5-14(10-13)17-21-16(25-22-17)12-24-9-6-19-11-15(24)18-20-7-8-23(18)2/h3-5,7-8,10,15,19H,6,9,11-12H2,1-2H3. The molecule has 130 valence electrons. The van der Waals surface area contributed by atoms with E-state index in [0.29, 0.717) is 18.3 Å². The van der Waals surface area contributed by atoms with Crippen LogP contribution in [0.25, 0.3) is 11.4 Å². The van der Waals surface area contributed by atoms with Gasteiger partial charge in [0.05, 0.1) is 12.6 Å². The molecule has 1 unspecified atom stereocenters. The van der Waals surface area contributed by atoms with Crippen LogP contribution in [0.15, 0.2) is 41.2 Å². The molecule has 7 heteroatoms. The number of aromatic nitrogens is 4. The summed E-state index contributed by atoms with van der Waals surface area (Å²) in [6.45, 7) is 5.41. The zero-order chi connectivity index (χ0) is 17.2. The van der Waals surface area contributed by atoms with Crippen LogP contribution in [0.1, 0.15) is 23.3 Å². The van der Waals surface area contributed by atoms with E-state index in [1.165, 1.54) is 5.56 Å². The molecule has 1 N–H and O–H groups in total. The molecule has 0 radical (unpaired) electrons. The van der Waals surface area contributed by atoms with Gasteiger partial charge >= 0.3 is 0 Å². The van der Waals surface area contributed by atoms with Gasteiger partial charge in [0, 0.05) is 44.6 Å². The Balaban J connectivity index is 1.54. The first kappa shape index (κ1) is 16.0. The van der Waals surface area contributed by atoms with Crippen molar-refractivity contribution in [3.05, 3.63) is 53.9 Å². The van der Waals surface area contributed by atoms with Crippen molar-refractivity contribution in [3.63, 3.8) is 0 Å². The van der Waals surface area contributed by atoms with Gasteiger partial charge < -0.3 is 14.4 Å². The Labute approximate surface area is 146 Å². The first-order valence-electron chi connectivity index (χ1n) is 8.52. The van der Waals surface area contributed by atoms with Crippen LogP contribution in [0.3, 0.4) is 0 Å². The maximum atomic E-state index is 5.51.